The van der Waals surface area contributed by atoms with E-state index in [1.807, 2.05) is 30.1 Å². The van der Waals surface area contributed by atoms with Crippen molar-refractivity contribution in [2.45, 2.75) is 6.54 Å². The average molecular weight is 239 g/mol. The molecule has 0 fully saturated rings. The zero-order chi connectivity index (χ0) is 12.4. The summed E-state index contributed by atoms with van der Waals surface area (Å²) in [6, 6.07) is 8.09. The summed E-state index contributed by atoms with van der Waals surface area (Å²) in [4.78, 5) is 8.00. The van der Waals surface area contributed by atoms with Crippen LogP contribution in [-0.2, 0) is 13.6 Å². The number of anilines is 1. The fourth-order valence-electron chi connectivity index (χ4n) is 1.90. The standard InChI is InChI=1S/C13H13N5/c1-18-8-11-6-10(2-3-12(11)17-18)7-15-13-4-5-14-9-16-13/h2-6,8-9H,7H2,1H3,(H,14,15,16). The third-order valence-corrected chi connectivity index (χ3v) is 2.74. The highest BCUT2D eigenvalue weighted by molar-refractivity contribution is 5.78. The molecule has 0 aliphatic heterocycles. The molecule has 2 aromatic heterocycles. The predicted molar refractivity (Wildman–Crippen MR) is 70.1 cm³/mol. The topological polar surface area (TPSA) is 55.6 Å². The number of aryl methyl sites for hydroxylation is 1. The van der Waals surface area contributed by atoms with Gasteiger partial charge in [-0.05, 0) is 23.8 Å². The van der Waals surface area contributed by atoms with Crippen LogP contribution < -0.4 is 5.32 Å². The molecule has 0 saturated heterocycles. The lowest BCUT2D eigenvalue weighted by molar-refractivity contribution is 0.780. The zero-order valence-corrected chi connectivity index (χ0v) is 10.0. The summed E-state index contributed by atoms with van der Waals surface area (Å²) in [5.74, 6) is 0.830. The molecule has 0 aliphatic carbocycles. The van der Waals surface area contributed by atoms with Crippen molar-refractivity contribution in [3.63, 3.8) is 0 Å². The van der Waals surface area contributed by atoms with Crippen LogP contribution in [0.25, 0.3) is 10.9 Å². The minimum Gasteiger partial charge on any atom is -0.366 e. The highest BCUT2D eigenvalue weighted by atomic mass is 15.2. The highest BCUT2D eigenvalue weighted by Gasteiger charge is 2.00. The van der Waals surface area contributed by atoms with Crippen molar-refractivity contribution in [1.29, 1.82) is 0 Å². The molecule has 0 radical (unpaired) electrons. The molecule has 2 heterocycles. The van der Waals surface area contributed by atoms with Crippen LogP contribution in [-0.4, -0.2) is 19.7 Å². The van der Waals surface area contributed by atoms with Crippen molar-refractivity contribution < 1.29 is 0 Å². The maximum absolute atomic E-state index is 4.35. The van der Waals surface area contributed by atoms with Gasteiger partial charge in [0.2, 0.25) is 0 Å². The van der Waals surface area contributed by atoms with Crippen molar-refractivity contribution in [2.75, 3.05) is 5.32 Å². The van der Waals surface area contributed by atoms with Crippen molar-refractivity contribution in [1.82, 2.24) is 19.7 Å². The Balaban J connectivity index is 1.78. The van der Waals surface area contributed by atoms with Crippen LogP contribution in [0.4, 0.5) is 5.82 Å². The van der Waals surface area contributed by atoms with E-state index in [4.69, 9.17) is 0 Å². The summed E-state index contributed by atoms with van der Waals surface area (Å²) < 4.78 is 1.83. The molecule has 5 nitrogen and oxygen atoms in total. The van der Waals surface area contributed by atoms with Gasteiger partial charge in [-0.3, -0.25) is 4.68 Å². The highest BCUT2D eigenvalue weighted by Crippen LogP contribution is 2.14. The van der Waals surface area contributed by atoms with E-state index < -0.39 is 0 Å². The van der Waals surface area contributed by atoms with E-state index in [0.717, 1.165) is 23.3 Å². The van der Waals surface area contributed by atoms with Gasteiger partial charge in [-0.1, -0.05) is 6.07 Å². The van der Waals surface area contributed by atoms with Crippen molar-refractivity contribution in [3.05, 3.63) is 48.5 Å². The monoisotopic (exact) mass is 239 g/mol. The molecule has 0 spiro atoms. The Morgan fingerprint density at radius 1 is 1.28 bits per heavy atom. The second kappa shape index (κ2) is 4.44. The van der Waals surface area contributed by atoms with Crippen LogP contribution in [0, 0.1) is 0 Å². The van der Waals surface area contributed by atoms with E-state index in [2.05, 4.69) is 32.5 Å². The summed E-state index contributed by atoms with van der Waals surface area (Å²) in [5, 5.41) is 8.75. The van der Waals surface area contributed by atoms with Gasteiger partial charge >= 0.3 is 0 Å². The number of benzene rings is 1. The smallest absolute Gasteiger partial charge is 0.129 e. The molecule has 5 heteroatoms. The van der Waals surface area contributed by atoms with Crippen LogP contribution in [0.3, 0.4) is 0 Å². The lowest BCUT2D eigenvalue weighted by atomic mass is 10.1. The Morgan fingerprint density at radius 2 is 2.22 bits per heavy atom. The fourth-order valence-corrected chi connectivity index (χ4v) is 1.90. The van der Waals surface area contributed by atoms with Gasteiger partial charge in [0, 0.05) is 31.4 Å². The maximum atomic E-state index is 4.35. The van der Waals surface area contributed by atoms with E-state index in [-0.39, 0.29) is 0 Å². The van der Waals surface area contributed by atoms with E-state index >= 15 is 0 Å². The first-order chi connectivity index (χ1) is 8.81. The SMILES string of the molecule is Cn1cc2cc(CNc3ccncn3)ccc2n1. The number of nitrogens with zero attached hydrogens (tertiary/aromatic N) is 4. The number of hydrogen-bond acceptors (Lipinski definition) is 4. The minimum atomic E-state index is 0.738. The molecule has 3 rings (SSSR count). The van der Waals surface area contributed by atoms with Crippen LogP contribution in [0.15, 0.2) is 43.0 Å². The Morgan fingerprint density at radius 3 is 3.06 bits per heavy atom. The van der Waals surface area contributed by atoms with E-state index in [0.29, 0.717) is 0 Å². The summed E-state index contributed by atoms with van der Waals surface area (Å²) in [6.07, 6.45) is 5.27. The molecular weight excluding hydrogens is 226 g/mol. The van der Waals surface area contributed by atoms with Crippen LogP contribution in [0.2, 0.25) is 0 Å². The number of nitrogens with one attached hydrogen (secondary N) is 1. The maximum Gasteiger partial charge on any atom is 0.129 e. The molecule has 0 amide bonds. The quantitative estimate of drug-likeness (QED) is 0.759. The minimum absolute atomic E-state index is 0.738. The molecule has 0 bridgehead atoms. The van der Waals surface area contributed by atoms with Gasteiger partial charge in [0.15, 0.2) is 0 Å². The molecule has 90 valence electrons. The van der Waals surface area contributed by atoms with Gasteiger partial charge in [-0.15, -0.1) is 0 Å². The Labute approximate surface area is 104 Å². The Bertz CT molecular complexity index is 659. The number of rotatable bonds is 3. The molecule has 0 unspecified atom stereocenters. The van der Waals surface area contributed by atoms with E-state index in [9.17, 15) is 0 Å². The predicted octanol–water partition coefficient (Wildman–Crippen LogP) is 1.98. The van der Waals surface area contributed by atoms with Gasteiger partial charge in [0.05, 0.1) is 5.52 Å². The van der Waals surface area contributed by atoms with Crippen molar-refractivity contribution in [3.8, 4) is 0 Å². The second-order valence-corrected chi connectivity index (χ2v) is 4.14. The first kappa shape index (κ1) is 10.7. The van der Waals surface area contributed by atoms with Gasteiger partial charge in [0.25, 0.3) is 0 Å². The summed E-state index contributed by atoms with van der Waals surface area (Å²) in [6.45, 7) is 0.738. The third kappa shape index (κ3) is 2.15. The van der Waals surface area contributed by atoms with E-state index in [1.165, 1.54) is 11.9 Å². The first-order valence-electron chi connectivity index (χ1n) is 5.73. The van der Waals surface area contributed by atoms with Crippen LogP contribution in [0.1, 0.15) is 5.56 Å². The summed E-state index contributed by atoms with van der Waals surface area (Å²) >= 11 is 0. The molecule has 1 aromatic carbocycles. The lowest BCUT2D eigenvalue weighted by Gasteiger charge is -2.04. The van der Waals surface area contributed by atoms with Gasteiger partial charge in [-0.2, -0.15) is 5.10 Å². The molecular formula is C13H13N5. The van der Waals surface area contributed by atoms with Crippen molar-refractivity contribution in [2.24, 2.45) is 7.05 Å². The summed E-state index contributed by atoms with van der Waals surface area (Å²) in [5.41, 5.74) is 2.22. The van der Waals surface area contributed by atoms with Gasteiger partial charge in [0.1, 0.15) is 12.1 Å². The second-order valence-electron chi connectivity index (χ2n) is 4.14. The fraction of sp³-hybridized carbons (Fsp3) is 0.154. The van der Waals surface area contributed by atoms with Gasteiger partial charge in [-0.25, -0.2) is 9.97 Å². The first-order valence-corrected chi connectivity index (χ1v) is 5.73. The average Bonchev–Trinajstić information content (AvgIpc) is 2.77. The molecule has 0 atom stereocenters. The Hall–Kier alpha value is -2.43. The lowest BCUT2D eigenvalue weighted by Crippen LogP contribution is -2.00. The Kier molecular flexibility index (Phi) is 2.64. The van der Waals surface area contributed by atoms with Gasteiger partial charge < -0.3 is 5.32 Å². The zero-order valence-electron chi connectivity index (χ0n) is 10.0. The number of aromatic nitrogens is 4. The summed E-state index contributed by atoms with van der Waals surface area (Å²) in [7, 11) is 1.93. The number of hydrogen-bond donors (Lipinski definition) is 1. The largest absolute Gasteiger partial charge is 0.366 e. The van der Waals surface area contributed by atoms with Crippen molar-refractivity contribution >= 4 is 16.7 Å². The van der Waals surface area contributed by atoms with E-state index in [1.54, 1.807) is 6.20 Å². The normalized spacial score (nSPS) is 10.7. The molecule has 0 aliphatic rings. The van der Waals surface area contributed by atoms with Crippen LogP contribution >= 0.6 is 0 Å². The number of fused-ring (bicyclic) bond motifs is 1. The molecule has 0 saturated carbocycles. The molecule has 18 heavy (non-hydrogen) atoms. The third-order valence-electron chi connectivity index (χ3n) is 2.74. The molecule has 3 aromatic rings. The van der Waals surface area contributed by atoms with Crippen LogP contribution in [0.5, 0.6) is 0 Å². The molecule has 1 N–H and O–H groups in total.